The zero-order chi connectivity index (χ0) is 25.5. The summed E-state index contributed by atoms with van der Waals surface area (Å²) in [5.74, 6) is 1.75. The fourth-order valence-corrected chi connectivity index (χ4v) is 5.39. The highest BCUT2D eigenvalue weighted by Crippen LogP contribution is 2.33. The van der Waals surface area contributed by atoms with Crippen LogP contribution in [-0.2, 0) is 6.54 Å². The highest BCUT2D eigenvalue weighted by molar-refractivity contribution is 5.59. The van der Waals surface area contributed by atoms with Crippen molar-refractivity contribution < 1.29 is 0 Å². The summed E-state index contributed by atoms with van der Waals surface area (Å²) in [7, 11) is 0. The van der Waals surface area contributed by atoms with Gasteiger partial charge in [-0.2, -0.15) is 19.6 Å². The fraction of sp³-hybridized carbons (Fsp3) is 0.393. The average Bonchev–Trinajstić information content (AvgIpc) is 3.34. The van der Waals surface area contributed by atoms with Crippen molar-refractivity contribution in [1.82, 2.24) is 19.6 Å². The van der Waals surface area contributed by atoms with Gasteiger partial charge in [-0.3, -0.25) is 0 Å². The van der Waals surface area contributed by atoms with Crippen molar-refractivity contribution in [3.05, 3.63) is 71.4 Å². The Balaban J connectivity index is 1.39. The van der Waals surface area contributed by atoms with Crippen LogP contribution in [0, 0.1) is 0 Å². The van der Waals surface area contributed by atoms with Gasteiger partial charge in [0.25, 0.3) is 0 Å². The van der Waals surface area contributed by atoms with Gasteiger partial charge in [-0.25, -0.2) is 0 Å². The number of fused-ring (bicyclic) bond motifs is 2. The normalized spacial score (nSPS) is 18.4. The van der Waals surface area contributed by atoms with Crippen molar-refractivity contribution in [2.24, 2.45) is 5.73 Å². The van der Waals surface area contributed by atoms with E-state index < -0.39 is 0 Å². The molecule has 0 spiro atoms. The maximum absolute atomic E-state index is 6.18. The molecule has 1 fully saturated rings. The van der Waals surface area contributed by atoms with E-state index in [9.17, 15) is 0 Å². The van der Waals surface area contributed by atoms with Crippen molar-refractivity contribution in [3.8, 4) is 0 Å². The SMILES string of the molecule is CC(C)c1cnn2c(NC3CN(c4ccc(N)cc4)Cc4ccccc43)nc(N3CCC(N)CC3)nc12. The monoisotopic (exact) mass is 497 g/mol. The summed E-state index contributed by atoms with van der Waals surface area (Å²) in [5, 5.41) is 8.47. The maximum Gasteiger partial charge on any atom is 0.230 e. The smallest absolute Gasteiger partial charge is 0.230 e. The van der Waals surface area contributed by atoms with Crippen molar-refractivity contribution in [3.63, 3.8) is 0 Å². The number of rotatable bonds is 5. The number of nitrogens with one attached hydrogen (secondary N) is 1. The predicted molar refractivity (Wildman–Crippen MR) is 149 cm³/mol. The van der Waals surface area contributed by atoms with Gasteiger partial charge >= 0.3 is 0 Å². The van der Waals surface area contributed by atoms with E-state index in [4.69, 9.17) is 26.5 Å². The number of nitrogen functional groups attached to an aromatic ring is 1. The molecular formula is C28H35N9. The number of aromatic nitrogens is 4. The highest BCUT2D eigenvalue weighted by atomic mass is 15.4. The number of nitrogens with two attached hydrogens (primary N) is 2. The van der Waals surface area contributed by atoms with Gasteiger partial charge in [-0.15, -0.1) is 0 Å². The number of nitrogens with zero attached hydrogens (tertiary/aromatic N) is 6. The maximum atomic E-state index is 6.18. The van der Waals surface area contributed by atoms with Crippen molar-refractivity contribution >= 4 is 28.9 Å². The molecule has 2 aromatic heterocycles. The Kier molecular flexibility index (Phi) is 6.08. The molecule has 1 atom stereocenters. The van der Waals surface area contributed by atoms with E-state index >= 15 is 0 Å². The summed E-state index contributed by atoms with van der Waals surface area (Å²) in [6.07, 6.45) is 3.81. The minimum atomic E-state index is 0.0231. The fourth-order valence-electron chi connectivity index (χ4n) is 5.39. The van der Waals surface area contributed by atoms with Gasteiger partial charge in [-0.05, 0) is 54.2 Å². The van der Waals surface area contributed by atoms with E-state index in [1.54, 1.807) is 0 Å². The first kappa shape index (κ1) is 23.5. The Morgan fingerprint density at radius 1 is 0.973 bits per heavy atom. The van der Waals surface area contributed by atoms with Crippen LogP contribution in [0.5, 0.6) is 0 Å². The average molecular weight is 498 g/mol. The van der Waals surface area contributed by atoms with E-state index in [2.05, 4.69) is 65.4 Å². The van der Waals surface area contributed by atoms with Gasteiger partial charge in [0.2, 0.25) is 11.9 Å². The lowest BCUT2D eigenvalue weighted by Crippen LogP contribution is -2.41. The topological polar surface area (TPSA) is 114 Å². The molecule has 6 rings (SSSR count). The molecule has 4 heterocycles. The third-order valence-corrected chi connectivity index (χ3v) is 7.58. The van der Waals surface area contributed by atoms with Crippen LogP contribution >= 0.6 is 0 Å². The number of piperidine rings is 1. The molecule has 0 radical (unpaired) electrons. The van der Waals surface area contributed by atoms with Gasteiger partial charge in [0.1, 0.15) is 0 Å². The summed E-state index contributed by atoms with van der Waals surface area (Å²) < 4.78 is 1.86. The second-order valence-electron chi connectivity index (χ2n) is 10.5. The van der Waals surface area contributed by atoms with E-state index in [-0.39, 0.29) is 12.1 Å². The molecule has 5 N–H and O–H groups in total. The van der Waals surface area contributed by atoms with Gasteiger partial charge in [0.15, 0.2) is 5.65 Å². The quantitative estimate of drug-likeness (QED) is 0.356. The van der Waals surface area contributed by atoms with Gasteiger partial charge in [0.05, 0.1) is 12.2 Å². The van der Waals surface area contributed by atoms with Crippen LogP contribution in [0.3, 0.4) is 0 Å². The number of benzene rings is 2. The van der Waals surface area contributed by atoms with Crippen LogP contribution in [0.25, 0.3) is 5.65 Å². The van der Waals surface area contributed by atoms with Crippen LogP contribution in [-0.4, -0.2) is 45.3 Å². The van der Waals surface area contributed by atoms with Crippen LogP contribution in [0.4, 0.5) is 23.3 Å². The van der Waals surface area contributed by atoms with Crippen LogP contribution in [0.1, 0.15) is 55.3 Å². The summed E-state index contributed by atoms with van der Waals surface area (Å²) in [6, 6.07) is 17.0. The molecule has 37 heavy (non-hydrogen) atoms. The lowest BCUT2D eigenvalue weighted by Gasteiger charge is -2.37. The molecule has 1 saturated heterocycles. The second-order valence-corrected chi connectivity index (χ2v) is 10.5. The predicted octanol–water partition coefficient (Wildman–Crippen LogP) is 3.93. The third kappa shape index (κ3) is 4.55. The molecule has 2 aliphatic rings. The molecule has 0 aliphatic carbocycles. The zero-order valence-corrected chi connectivity index (χ0v) is 21.5. The molecule has 0 amide bonds. The molecule has 1 unspecified atom stereocenters. The summed E-state index contributed by atoms with van der Waals surface area (Å²) in [6.45, 7) is 7.70. The first-order valence-electron chi connectivity index (χ1n) is 13.2. The first-order valence-corrected chi connectivity index (χ1v) is 13.2. The second kappa shape index (κ2) is 9.55. The van der Waals surface area contributed by atoms with Crippen molar-refractivity contribution in [2.45, 2.75) is 51.2 Å². The zero-order valence-electron chi connectivity index (χ0n) is 21.5. The first-order chi connectivity index (χ1) is 18.0. The summed E-state index contributed by atoms with van der Waals surface area (Å²) in [5.41, 5.74) is 18.6. The lowest BCUT2D eigenvalue weighted by atomic mass is 9.95. The van der Waals surface area contributed by atoms with E-state index in [0.29, 0.717) is 11.9 Å². The van der Waals surface area contributed by atoms with Crippen molar-refractivity contribution in [2.75, 3.05) is 40.5 Å². The molecule has 2 aromatic carbocycles. The van der Waals surface area contributed by atoms with Gasteiger partial charge in [0, 0.05) is 49.2 Å². The Morgan fingerprint density at radius 3 is 2.49 bits per heavy atom. The highest BCUT2D eigenvalue weighted by Gasteiger charge is 2.28. The molecule has 2 aliphatic heterocycles. The largest absolute Gasteiger partial charge is 0.399 e. The third-order valence-electron chi connectivity index (χ3n) is 7.58. The molecule has 192 valence electrons. The molecule has 0 bridgehead atoms. The van der Waals surface area contributed by atoms with Crippen molar-refractivity contribution in [1.29, 1.82) is 0 Å². The molecule has 4 aromatic rings. The van der Waals surface area contributed by atoms with Crippen LogP contribution < -0.4 is 26.6 Å². The van der Waals surface area contributed by atoms with E-state index in [1.165, 1.54) is 11.1 Å². The molecular weight excluding hydrogens is 462 g/mol. The van der Waals surface area contributed by atoms with Crippen LogP contribution in [0.2, 0.25) is 0 Å². The van der Waals surface area contributed by atoms with Crippen LogP contribution in [0.15, 0.2) is 54.7 Å². The van der Waals surface area contributed by atoms with Gasteiger partial charge in [-0.1, -0.05) is 38.1 Å². The molecule has 0 saturated carbocycles. The number of hydrogen-bond acceptors (Lipinski definition) is 8. The van der Waals surface area contributed by atoms with E-state index in [0.717, 1.165) is 67.6 Å². The number of hydrogen-bond donors (Lipinski definition) is 3. The molecule has 9 nitrogen and oxygen atoms in total. The van der Waals surface area contributed by atoms with E-state index in [1.807, 2.05) is 22.8 Å². The molecule has 9 heteroatoms. The Morgan fingerprint density at radius 2 is 1.73 bits per heavy atom. The minimum Gasteiger partial charge on any atom is -0.399 e. The minimum absolute atomic E-state index is 0.0231. The van der Waals surface area contributed by atoms with Gasteiger partial charge < -0.3 is 26.6 Å². The Hall–Kier alpha value is -3.85. The lowest BCUT2D eigenvalue weighted by molar-refractivity contribution is 0.495. The number of anilines is 4. The Bertz CT molecular complexity index is 1390. The summed E-state index contributed by atoms with van der Waals surface area (Å²) in [4.78, 5) is 14.6. The summed E-state index contributed by atoms with van der Waals surface area (Å²) >= 11 is 0. The Labute approximate surface area is 217 Å². The standard InChI is InChI=1S/C28H35N9/c1-18(2)24-15-31-37-26(24)33-27(35-13-11-21(30)12-14-35)34-28(37)32-25-17-36(22-9-7-20(29)8-10-22)16-19-5-3-4-6-23(19)25/h3-10,15,18,21,25H,11-14,16-17,29-30H2,1-2H3,(H,32,33,34).